The van der Waals surface area contributed by atoms with E-state index >= 15 is 0 Å². The Bertz CT molecular complexity index is 91.3. The Hall–Kier alpha value is -0.340. The summed E-state index contributed by atoms with van der Waals surface area (Å²) in [7, 11) is -2.51. The molecule has 0 spiro atoms. The van der Waals surface area contributed by atoms with Crippen molar-refractivity contribution in [3.05, 3.63) is 0 Å². The van der Waals surface area contributed by atoms with Crippen LogP contribution < -0.4 is 0 Å². The monoisotopic (exact) mass is 138 g/mol. The molecule has 48 valence electrons. The van der Waals surface area contributed by atoms with Crippen molar-refractivity contribution >= 4 is 14.7 Å². The molecular weight excluding hydrogens is 131 g/mol. The standard InChI is InChI=1S/C3H7O4P/c1-2-6-8(5)7-3-4/h3,8H,2H2,1H3. The molecule has 1 unspecified atom stereocenters. The van der Waals surface area contributed by atoms with Gasteiger partial charge in [-0.25, -0.2) is 4.57 Å². The first-order valence-electron chi connectivity index (χ1n) is 2.08. The van der Waals surface area contributed by atoms with Gasteiger partial charge in [-0.3, -0.25) is 4.79 Å². The van der Waals surface area contributed by atoms with E-state index < -0.39 is 8.25 Å². The minimum atomic E-state index is -2.51. The van der Waals surface area contributed by atoms with E-state index in [1.54, 1.807) is 6.92 Å². The molecule has 0 aliphatic heterocycles. The SMILES string of the molecule is CCO[PH](=O)OC=O. The van der Waals surface area contributed by atoms with Crippen LogP contribution in [0.25, 0.3) is 0 Å². The molecule has 0 aliphatic carbocycles. The van der Waals surface area contributed by atoms with Crippen molar-refractivity contribution in [1.82, 2.24) is 0 Å². The molecular formula is C3H7O4P. The molecule has 0 N–H and O–H groups in total. The quantitative estimate of drug-likeness (QED) is 0.421. The molecule has 0 heterocycles. The largest absolute Gasteiger partial charge is 0.396 e. The summed E-state index contributed by atoms with van der Waals surface area (Å²) >= 11 is 0. The van der Waals surface area contributed by atoms with Crippen molar-refractivity contribution in [3.63, 3.8) is 0 Å². The van der Waals surface area contributed by atoms with E-state index in [1.807, 2.05) is 0 Å². The molecule has 0 fully saturated rings. The normalized spacial score (nSPS) is 12.6. The Morgan fingerprint density at radius 2 is 2.38 bits per heavy atom. The van der Waals surface area contributed by atoms with E-state index in [4.69, 9.17) is 0 Å². The summed E-state index contributed by atoms with van der Waals surface area (Å²) in [6, 6.07) is 0. The van der Waals surface area contributed by atoms with Gasteiger partial charge in [0.1, 0.15) is 0 Å². The molecule has 0 aromatic heterocycles. The summed E-state index contributed by atoms with van der Waals surface area (Å²) < 4.78 is 18.5. The molecule has 0 radical (unpaired) electrons. The number of hydrogen-bond acceptors (Lipinski definition) is 4. The Morgan fingerprint density at radius 1 is 1.75 bits per heavy atom. The predicted molar refractivity (Wildman–Crippen MR) is 27.8 cm³/mol. The topological polar surface area (TPSA) is 52.6 Å². The summed E-state index contributed by atoms with van der Waals surface area (Å²) in [4.78, 5) is 9.41. The van der Waals surface area contributed by atoms with Crippen molar-refractivity contribution in [2.75, 3.05) is 6.61 Å². The third kappa shape index (κ3) is 3.84. The molecule has 0 rings (SSSR count). The lowest BCUT2D eigenvalue weighted by Gasteiger charge is -1.94. The van der Waals surface area contributed by atoms with E-state index in [9.17, 15) is 9.36 Å². The highest BCUT2D eigenvalue weighted by Crippen LogP contribution is 2.20. The van der Waals surface area contributed by atoms with Gasteiger partial charge < -0.3 is 9.05 Å². The van der Waals surface area contributed by atoms with E-state index in [2.05, 4.69) is 9.05 Å². The summed E-state index contributed by atoms with van der Waals surface area (Å²) in [6.07, 6.45) is 0. The van der Waals surface area contributed by atoms with Gasteiger partial charge in [-0.1, -0.05) is 0 Å². The highest BCUT2D eigenvalue weighted by atomic mass is 31.1. The molecule has 0 bridgehead atoms. The van der Waals surface area contributed by atoms with Crippen molar-refractivity contribution in [2.45, 2.75) is 6.92 Å². The molecule has 0 aromatic rings. The average molecular weight is 138 g/mol. The first-order valence-corrected chi connectivity index (χ1v) is 3.30. The zero-order valence-corrected chi connectivity index (χ0v) is 5.42. The van der Waals surface area contributed by atoms with Gasteiger partial charge in [0, 0.05) is 0 Å². The highest BCUT2D eigenvalue weighted by Gasteiger charge is 1.92. The van der Waals surface area contributed by atoms with Crippen molar-refractivity contribution < 1.29 is 18.4 Å². The van der Waals surface area contributed by atoms with Gasteiger partial charge in [-0.05, 0) is 6.92 Å². The second-order valence-electron chi connectivity index (χ2n) is 0.897. The molecule has 0 aromatic carbocycles. The molecule has 0 saturated heterocycles. The highest BCUT2D eigenvalue weighted by molar-refractivity contribution is 7.33. The third-order valence-corrected chi connectivity index (χ3v) is 1.22. The molecule has 0 amide bonds. The van der Waals surface area contributed by atoms with Crippen molar-refractivity contribution in [2.24, 2.45) is 0 Å². The number of carbonyl (C=O) groups excluding carboxylic acids is 1. The van der Waals surface area contributed by atoms with Crippen LogP contribution in [0.5, 0.6) is 0 Å². The van der Waals surface area contributed by atoms with Crippen LogP contribution in [0.15, 0.2) is 0 Å². The molecule has 5 heteroatoms. The zero-order chi connectivity index (χ0) is 6.41. The summed E-state index contributed by atoms with van der Waals surface area (Å²) in [5.41, 5.74) is 0. The Balaban J connectivity index is 3.18. The van der Waals surface area contributed by atoms with Crippen LogP contribution in [0.2, 0.25) is 0 Å². The average Bonchev–Trinajstić information content (AvgIpc) is 1.68. The van der Waals surface area contributed by atoms with Gasteiger partial charge in [0.15, 0.2) is 0 Å². The smallest absolute Gasteiger partial charge is 0.369 e. The number of rotatable bonds is 4. The Morgan fingerprint density at radius 3 is 2.75 bits per heavy atom. The van der Waals surface area contributed by atoms with Gasteiger partial charge in [0.25, 0.3) is 6.47 Å². The van der Waals surface area contributed by atoms with Gasteiger partial charge in [-0.15, -0.1) is 0 Å². The molecule has 0 saturated carbocycles. The van der Waals surface area contributed by atoms with Crippen LogP contribution in [0.3, 0.4) is 0 Å². The minimum Gasteiger partial charge on any atom is -0.396 e. The minimum absolute atomic E-state index is 0.108. The third-order valence-electron chi connectivity index (χ3n) is 0.407. The summed E-state index contributed by atoms with van der Waals surface area (Å²) in [5.74, 6) is 0. The molecule has 0 aliphatic rings. The molecule has 4 nitrogen and oxygen atoms in total. The lowest BCUT2D eigenvalue weighted by molar-refractivity contribution is -0.120. The van der Waals surface area contributed by atoms with Gasteiger partial charge >= 0.3 is 8.25 Å². The van der Waals surface area contributed by atoms with Crippen LogP contribution in [-0.2, 0) is 18.4 Å². The zero-order valence-electron chi connectivity index (χ0n) is 4.42. The van der Waals surface area contributed by atoms with E-state index in [1.165, 1.54) is 0 Å². The van der Waals surface area contributed by atoms with Crippen molar-refractivity contribution in [3.8, 4) is 0 Å². The maximum absolute atomic E-state index is 10.2. The second kappa shape index (κ2) is 4.81. The lowest BCUT2D eigenvalue weighted by Crippen LogP contribution is -1.79. The molecule has 8 heavy (non-hydrogen) atoms. The van der Waals surface area contributed by atoms with E-state index in [0.717, 1.165) is 0 Å². The summed E-state index contributed by atoms with van der Waals surface area (Å²) in [6.45, 7) is 2.07. The fraction of sp³-hybridized carbons (Fsp3) is 0.667. The predicted octanol–water partition coefficient (Wildman–Crippen LogP) is 0.586. The maximum atomic E-state index is 10.2. The first kappa shape index (κ1) is 7.66. The number of hydrogen-bond donors (Lipinski definition) is 0. The van der Waals surface area contributed by atoms with Gasteiger partial charge in [-0.2, -0.15) is 0 Å². The van der Waals surface area contributed by atoms with Gasteiger partial charge in [0.05, 0.1) is 6.61 Å². The van der Waals surface area contributed by atoms with E-state index in [-0.39, 0.29) is 6.47 Å². The number of carbonyl (C=O) groups is 1. The van der Waals surface area contributed by atoms with Crippen molar-refractivity contribution in [1.29, 1.82) is 0 Å². The maximum Gasteiger partial charge on any atom is 0.369 e. The fourth-order valence-corrected chi connectivity index (χ4v) is 0.573. The van der Waals surface area contributed by atoms with Gasteiger partial charge in [0.2, 0.25) is 0 Å². The Kier molecular flexibility index (Phi) is 4.61. The van der Waals surface area contributed by atoms with E-state index in [0.29, 0.717) is 6.61 Å². The second-order valence-corrected chi connectivity index (χ2v) is 1.92. The Labute approximate surface area is 47.7 Å². The van der Waals surface area contributed by atoms with Crippen LogP contribution >= 0.6 is 8.25 Å². The van der Waals surface area contributed by atoms with Crippen LogP contribution in [0.1, 0.15) is 6.92 Å². The van der Waals surface area contributed by atoms with Crippen LogP contribution in [0.4, 0.5) is 0 Å². The van der Waals surface area contributed by atoms with Crippen LogP contribution in [-0.4, -0.2) is 13.1 Å². The van der Waals surface area contributed by atoms with Crippen LogP contribution in [0, 0.1) is 0 Å². The first-order chi connectivity index (χ1) is 3.81. The fourth-order valence-electron chi connectivity index (χ4n) is 0.191. The lowest BCUT2D eigenvalue weighted by atomic mass is 10.9. The molecule has 1 atom stereocenters. The summed E-state index contributed by atoms with van der Waals surface area (Å²) in [5, 5.41) is 0.